The fourth-order valence-corrected chi connectivity index (χ4v) is 5.98. The monoisotopic (exact) mass is 347 g/mol. The summed E-state index contributed by atoms with van der Waals surface area (Å²) in [4.78, 5) is 2.74. The molecule has 2 heterocycles. The first-order chi connectivity index (χ1) is 12.7. The molecule has 0 amide bonds. The van der Waals surface area contributed by atoms with Crippen molar-refractivity contribution < 1.29 is 5.11 Å². The van der Waals surface area contributed by atoms with E-state index >= 15 is 0 Å². The van der Waals surface area contributed by atoms with Crippen molar-refractivity contribution in [2.75, 3.05) is 6.54 Å². The zero-order valence-electron chi connectivity index (χ0n) is 15.7. The molecule has 0 bridgehead atoms. The van der Waals surface area contributed by atoms with E-state index in [2.05, 4.69) is 60.4 Å². The Morgan fingerprint density at radius 3 is 2.62 bits per heavy atom. The number of nitrogens with zero attached hydrogens (tertiary/aromatic N) is 1. The maximum absolute atomic E-state index is 12.1. The number of aliphatic hydroxyl groups is 1. The van der Waals surface area contributed by atoms with E-state index in [1.807, 2.05) is 0 Å². The average Bonchev–Trinajstić information content (AvgIpc) is 2.68. The summed E-state index contributed by atoms with van der Waals surface area (Å²) in [6.07, 6.45) is 6.92. The quantitative estimate of drug-likeness (QED) is 0.805. The van der Waals surface area contributed by atoms with Crippen molar-refractivity contribution in [1.29, 1.82) is 0 Å². The van der Waals surface area contributed by atoms with Gasteiger partial charge in [0, 0.05) is 31.0 Å². The van der Waals surface area contributed by atoms with E-state index in [0.29, 0.717) is 18.0 Å². The molecule has 2 aromatic carbocycles. The Bertz CT molecular complexity index is 798. The molecule has 26 heavy (non-hydrogen) atoms. The first-order valence-electron chi connectivity index (χ1n) is 10.3. The van der Waals surface area contributed by atoms with Crippen LogP contribution in [-0.4, -0.2) is 22.6 Å². The summed E-state index contributed by atoms with van der Waals surface area (Å²) >= 11 is 0. The zero-order valence-corrected chi connectivity index (χ0v) is 15.7. The van der Waals surface area contributed by atoms with Gasteiger partial charge in [-0.05, 0) is 42.9 Å². The molecule has 2 nitrogen and oxygen atoms in total. The second-order valence-electron chi connectivity index (χ2n) is 8.66. The van der Waals surface area contributed by atoms with Crippen molar-refractivity contribution in [3.8, 4) is 0 Å². The van der Waals surface area contributed by atoms with E-state index in [0.717, 1.165) is 31.4 Å². The zero-order chi connectivity index (χ0) is 17.7. The molecule has 2 aromatic rings. The van der Waals surface area contributed by atoms with Crippen molar-refractivity contribution in [3.63, 3.8) is 0 Å². The van der Waals surface area contributed by atoms with Gasteiger partial charge in [0.2, 0.25) is 0 Å². The Morgan fingerprint density at radius 1 is 1.00 bits per heavy atom. The van der Waals surface area contributed by atoms with Crippen LogP contribution in [0.15, 0.2) is 48.5 Å². The van der Waals surface area contributed by atoms with E-state index in [1.165, 1.54) is 36.0 Å². The van der Waals surface area contributed by atoms with Crippen LogP contribution in [-0.2, 0) is 12.0 Å². The van der Waals surface area contributed by atoms with Crippen molar-refractivity contribution in [2.24, 2.45) is 5.92 Å². The van der Waals surface area contributed by atoms with Gasteiger partial charge in [0.25, 0.3) is 0 Å². The van der Waals surface area contributed by atoms with E-state index in [4.69, 9.17) is 0 Å². The SMILES string of the molecule is Cc1ccc(C2(O)CC3c4ccccc4CCN3C3CCCCC32)cc1. The lowest BCUT2D eigenvalue weighted by molar-refractivity contribution is -0.146. The van der Waals surface area contributed by atoms with Gasteiger partial charge in [-0.15, -0.1) is 0 Å². The maximum Gasteiger partial charge on any atom is 0.0957 e. The lowest BCUT2D eigenvalue weighted by atomic mass is 9.63. The van der Waals surface area contributed by atoms with Crippen molar-refractivity contribution >= 4 is 0 Å². The van der Waals surface area contributed by atoms with Gasteiger partial charge in [0.1, 0.15) is 0 Å². The molecule has 0 radical (unpaired) electrons. The van der Waals surface area contributed by atoms with Crippen LogP contribution < -0.4 is 0 Å². The minimum atomic E-state index is -0.704. The highest BCUT2D eigenvalue weighted by atomic mass is 16.3. The minimum absolute atomic E-state index is 0.352. The van der Waals surface area contributed by atoms with E-state index in [9.17, 15) is 5.11 Å². The summed E-state index contributed by atoms with van der Waals surface area (Å²) in [5.41, 5.74) is 4.62. The Labute approximate surface area is 156 Å². The Hall–Kier alpha value is -1.64. The number of fused-ring (bicyclic) bond motifs is 5. The number of benzene rings is 2. The summed E-state index contributed by atoms with van der Waals surface area (Å²) in [7, 11) is 0. The molecule has 2 fully saturated rings. The van der Waals surface area contributed by atoms with Crippen LogP contribution in [0.3, 0.4) is 0 Å². The second-order valence-corrected chi connectivity index (χ2v) is 8.66. The van der Waals surface area contributed by atoms with E-state index < -0.39 is 5.60 Å². The van der Waals surface area contributed by atoms with Gasteiger partial charge in [-0.3, -0.25) is 4.90 Å². The molecule has 1 aliphatic carbocycles. The third-order valence-electron chi connectivity index (χ3n) is 7.28. The fourth-order valence-electron chi connectivity index (χ4n) is 5.98. The number of hydrogen-bond acceptors (Lipinski definition) is 2. The standard InChI is InChI=1S/C24H29NO/c1-17-10-12-19(13-11-17)24(26)16-23-20-7-3-2-6-18(20)14-15-25(23)22-9-5-4-8-21(22)24/h2-3,6-7,10-13,21-23,26H,4-5,8-9,14-16H2,1H3. The Morgan fingerprint density at radius 2 is 1.77 bits per heavy atom. The summed E-state index contributed by atoms with van der Waals surface area (Å²) in [5, 5.41) is 12.1. The molecule has 4 atom stereocenters. The largest absolute Gasteiger partial charge is 0.385 e. The summed E-state index contributed by atoms with van der Waals surface area (Å²) in [5.74, 6) is 0.362. The Kier molecular flexibility index (Phi) is 3.95. The summed E-state index contributed by atoms with van der Waals surface area (Å²) in [6.45, 7) is 3.27. The van der Waals surface area contributed by atoms with Crippen LogP contribution in [0.5, 0.6) is 0 Å². The molecule has 1 saturated heterocycles. The predicted molar refractivity (Wildman–Crippen MR) is 105 cm³/mol. The molecule has 2 aliphatic heterocycles. The van der Waals surface area contributed by atoms with Crippen LogP contribution in [0.1, 0.15) is 60.4 Å². The van der Waals surface area contributed by atoms with Crippen molar-refractivity contribution in [2.45, 2.75) is 63.1 Å². The Balaban J connectivity index is 1.61. The second kappa shape index (κ2) is 6.21. The van der Waals surface area contributed by atoms with Gasteiger partial charge in [-0.2, -0.15) is 0 Å². The molecular weight excluding hydrogens is 318 g/mol. The third kappa shape index (κ3) is 2.46. The molecule has 0 spiro atoms. The topological polar surface area (TPSA) is 23.5 Å². The third-order valence-corrected chi connectivity index (χ3v) is 7.28. The van der Waals surface area contributed by atoms with Gasteiger partial charge in [0.15, 0.2) is 0 Å². The lowest BCUT2D eigenvalue weighted by Gasteiger charge is -2.57. The van der Waals surface area contributed by atoms with Crippen LogP contribution in [0.2, 0.25) is 0 Å². The average molecular weight is 348 g/mol. The number of rotatable bonds is 1. The van der Waals surface area contributed by atoms with Gasteiger partial charge < -0.3 is 5.11 Å². The van der Waals surface area contributed by atoms with Crippen molar-refractivity contribution in [3.05, 3.63) is 70.8 Å². The fraction of sp³-hybridized carbons (Fsp3) is 0.500. The number of aryl methyl sites for hydroxylation is 1. The summed E-state index contributed by atoms with van der Waals surface area (Å²) < 4.78 is 0. The van der Waals surface area contributed by atoms with Crippen LogP contribution in [0.25, 0.3) is 0 Å². The number of piperidine rings is 1. The van der Waals surface area contributed by atoms with Gasteiger partial charge >= 0.3 is 0 Å². The molecule has 1 N–H and O–H groups in total. The molecule has 4 unspecified atom stereocenters. The first kappa shape index (κ1) is 16.5. The molecule has 2 heteroatoms. The highest BCUT2D eigenvalue weighted by Gasteiger charge is 2.53. The molecule has 5 rings (SSSR count). The molecule has 3 aliphatic rings. The summed E-state index contributed by atoms with van der Waals surface area (Å²) in [6, 6.07) is 18.4. The van der Waals surface area contributed by atoms with Crippen LogP contribution >= 0.6 is 0 Å². The maximum atomic E-state index is 12.1. The molecule has 0 aromatic heterocycles. The highest BCUT2D eigenvalue weighted by molar-refractivity contribution is 5.36. The predicted octanol–water partition coefficient (Wildman–Crippen LogP) is 4.74. The smallest absolute Gasteiger partial charge is 0.0957 e. The van der Waals surface area contributed by atoms with Crippen LogP contribution in [0, 0.1) is 12.8 Å². The molecular formula is C24H29NO. The normalized spacial score (nSPS) is 33.8. The first-order valence-corrected chi connectivity index (χ1v) is 10.3. The minimum Gasteiger partial charge on any atom is -0.385 e. The molecule has 1 saturated carbocycles. The highest BCUT2D eigenvalue weighted by Crippen LogP contribution is 2.54. The van der Waals surface area contributed by atoms with E-state index in [-0.39, 0.29) is 0 Å². The van der Waals surface area contributed by atoms with Gasteiger partial charge in [0.05, 0.1) is 5.60 Å². The van der Waals surface area contributed by atoms with E-state index in [1.54, 1.807) is 0 Å². The lowest BCUT2D eigenvalue weighted by Crippen LogP contribution is -2.59. The van der Waals surface area contributed by atoms with Gasteiger partial charge in [-0.25, -0.2) is 0 Å². The van der Waals surface area contributed by atoms with Crippen molar-refractivity contribution in [1.82, 2.24) is 4.90 Å². The van der Waals surface area contributed by atoms with Crippen LogP contribution in [0.4, 0.5) is 0 Å². The van der Waals surface area contributed by atoms with Gasteiger partial charge in [-0.1, -0.05) is 66.9 Å². The molecule has 136 valence electrons. The number of hydrogen-bond donors (Lipinski definition) is 1.